The number of benzene rings is 1. The SMILES string of the molecule is CSc1ccccc1C(=O)N1CCCC[C@@H]1c1cc(C(N)=O)n[nH]1. The Morgan fingerprint density at radius 3 is 2.83 bits per heavy atom. The van der Waals surface area contributed by atoms with Crippen LogP contribution in [0.4, 0.5) is 0 Å². The van der Waals surface area contributed by atoms with Crippen LogP contribution in [0.2, 0.25) is 0 Å². The highest BCUT2D eigenvalue weighted by Gasteiger charge is 2.31. The van der Waals surface area contributed by atoms with Crippen molar-refractivity contribution >= 4 is 23.6 Å². The van der Waals surface area contributed by atoms with Gasteiger partial charge in [0.1, 0.15) is 5.69 Å². The van der Waals surface area contributed by atoms with E-state index < -0.39 is 5.91 Å². The van der Waals surface area contributed by atoms with Gasteiger partial charge < -0.3 is 10.6 Å². The number of nitrogens with one attached hydrogen (secondary N) is 1. The number of H-pyrrole nitrogens is 1. The molecule has 6 nitrogen and oxygen atoms in total. The maximum atomic E-state index is 13.1. The van der Waals surface area contributed by atoms with Gasteiger partial charge >= 0.3 is 0 Å². The standard InChI is InChI=1S/C17H20N4O2S/c1-24-15-8-3-2-6-11(15)17(23)21-9-5-4-7-14(21)12-10-13(16(18)22)20-19-12/h2-3,6,8,10,14H,4-5,7,9H2,1H3,(H2,18,22)(H,19,20)/t14-/m1/s1. The van der Waals surface area contributed by atoms with Crippen LogP contribution < -0.4 is 5.73 Å². The maximum Gasteiger partial charge on any atom is 0.269 e. The summed E-state index contributed by atoms with van der Waals surface area (Å²) in [5.41, 5.74) is 6.95. The third-order valence-corrected chi connectivity index (χ3v) is 5.11. The number of amides is 2. The van der Waals surface area contributed by atoms with Gasteiger partial charge in [-0.1, -0.05) is 12.1 Å². The molecule has 0 saturated carbocycles. The van der Waals surface area contributed by atoms with Gasteiger partial charge in [-0.15, -0.1) is 11.8 Å². The van der Waals surface area contributed by atoms with Gasteiger partial charge in [0.15, 0.2) is 0 Å². The molecular formula is C17H20N4O2S. The lowest BCUT2D eigenvalue weighted by Crippen LogP contribution is -2.38. The Morgan fingerprint density at radius 1 is 1.33 bits per heavy atom. The van der Waals surface area contributed by atoms with Crippen molar-refractivity contribution in [1.82, 2.24) is 15.1 Å². The first kappa shape index (κ1) is 16.6. The van der Waals surface area contributed by atoms with Gasteiger partial charge in [-0.25, -0.2) is 0 Å². The maximum absolute atomic E-state index is 13.1. The molecule has 0 radical (unpaired) electrons. The summed E-state index contributed by atoms with van der Waals surface area (Å²) in [6, 6.07) is 9.18. The predicted octanol–water partition coefficient (Wildman–Crippen LogP) is 2.60. The van der Waals surface area contributed by atoms with E-state index in [4.69, 9.17) is 5.73 Å². The molecule has 1 aromatic carbocycles. The number of rotatable bonds is 4. The molecule has 1 aliphatic rings. The third kappa shape index (κ3) is 3.17. The van der Waals surface area contributed by atoms with Crippen LogP contribution in [0.15, 0.2) is 35.2 Å². The fraction of sp³-hybridized carbons (Fsp3) is 0.353. The van der Waals surface area contributed by atoms with Crippen molar-refractivity contribution in [2.45, 2.75) is 30.2 Å². The van der Waals surface area contributed by atoms with Crippen molar-refractivity contribution in [3.8, 4) is 0 Å². The molecule has 1 fully saturated rings. The van der Waals surface area contributed by atoms with Gasteiger partial charge in [-0.3, -0.25) is 14.7 Å². The van der Waals surface area contributed by atoms with Crippen molar-refractivity contribution in [1.29, 1.82) is 0 Å². The molecule has 2 aromatic rings. The average Bonchev–Trinajstić information content (AvgIpc) is 3.11. The van der Waals surface area contributed by atoms with Gasteiger partial charge in [0.25, 0.3) is 11.8 Å². The van der Waals surface area contributed by atoms with Crippen molar-refractivity contribution in [3.05, 3.63) is 47.3 Å². The van der Waals surface area contributed by atoms with Crippen molar-refractivity contribution in [2.24, 2.45) is 5.73 Å². The summed E-state index contributed by atoms with van der Waals surface area (Å²) in [5, 5.41) is 6.82. The summed E-state index contributed by atoms with van der Waals surface area (Å²) in [6.07, 6.45) is 4.81. The van der Waals surface area contributed by atoms with Crippen molar-refractivity contribution in [2.75, 3.05) is 12.8 Å². The van der Waals surface area contributed by atoms with Gasteiger partial charge in [-0.2, -0.15) is 5.10 Å². The van der Waals surface area contributed by atoms with Crippen LogP contribution >= 0.6 is 11.8 Å². The van der Waals surface area contributed by atoms with E-state index in [1.165, 1.54) is 0 Å². The number of carbonyl (C=O) groups is 2. The number of hydrogen-bond donors (Lipinski definition) is 2. The minimum atomic E-state index is -0.570. The number of piperidine rings is 1. The average molecular weight is 344 g/mol. The predicted molar refractivity (Wildman–Crippen MR) is 93.0 cm³/mol. The molecule has 1 atom stereocenters. The minimum Gasteiger partial charge on any atom is -0.364 e. The smallest absolute Gasteiger partial charge is 0.269 e. The molecule has 3 rings (SSSR count). The lowest BCUT2D eigenvalue weighted by atomic mass is 9.98. The van der Waals surface area contributed by atoms with Gasteiger partial charge in [0, 0.05) is 11.4 Å². The van der Waals surface area contributed by atoms with Gasteiger partial charge in [0.05, 0.1) is 17.3 Å². The zero-order chi connectivity index (χ0) is 17.1. The summed E-state index contributed by atoms with van der Waals surface area (Å²) < 4.78 is 0. The van der Waals surface area contributed by atoms with Gasteiger partial charge in [-0.05, 0) is 43.7 Å². The number of hydrogen-bond acceptors (Lipinski definition) is 4. The Morgan fingerprint density at radius 2 is 2.12 bits per heavy atom. The van der Waals surface area contributed by atoms with Crippen LogP contribution in [0.3, 0.4) is 0 Å². The first-order chi connectivity index (χ1) is 11.6. The largest absolute Gasteiger partial charge is 0.364 e. The van der Waals surface area contributed by atoms with E-state index in [2.05, 4.69) is 10.2 Å². The molecular weight excluding hydrogens is 324 g/mol. The molecule has 2 heterocycles. The second kappa shape index (κ2) is 7.09. The Balaban J connectivity index is 1.91. The van der Waals surface area contributed by atoms with E-state index in [0.29, 0.717) is 12.1 Å². The van der Waals surface area contributed by atoms with E-state index in [9.17, 15) is 9.59 Å². The van der Waals surface area contributed by atoms with Crippen LogP contribution in [0.1, 0.15) is 51.8 Å². The number of nitrogens with two attached hydrogens (primary N) is 1. The van der Waals surface area contributed by atoms with Crippen LogP contribution in [0.5, 0.6) is 0 Å². The Hall–Kier alpha value is -2.28. The third-order valence-electron chi connectivity index (χ3n) is 4.31. The van der Waals surface area contributed by atoms with Crippen molar-refractivity contribution in [3.63, 3.8) is 0 Å². The number of likely N-dealkylation sites (tertiary alicyclic amines) is 1. The summed E-state index contributed by atoms with van der Waals surface area (Å²) >= 11 is 1.56. The zero-order valence-electron chi connectivity index (χ0n) is 13.5. The van der Waals surface area contributed by atoms with Crippen LogP contribution in [0, 0.1) is 0 Å². The number of aromatic amines is 1. The highest BCUT2D eigenvalue weighted by atomic mass is 32.2. The first-order valence-electron chi connectivity index (χ1n) is 7.91. The van der Waals surface area contributed by atoms with Crippen LogP contribution in [-0.2, 0) is 0 Å². The van der Waals surface area contributed by atoms with Crippen LogP contribution in [0.25, 0.3) is 0 Å². The number of nitrogens with zero attached hydrogens (tertiary/aromatic N) is 2. The fourth-order valence-electron chi connectivity index (χ4n) is 3.11. The summed E-state index contributed by atoms with van der Waals surface area (Å²) in [6.45, 7) is 0.692. The minimum absolute atomic E-state index is 0.0138. The molecule has 2 amide bonds. The van der Waals surface area contributed by atoms with Gasteiger partial charge in [0.2, 0.25) is 0 Å². The molecule has 1 aromatic heterocycles. The van der Waals surface area contributed by atoms with Crippen LogP contribution in [-0.4, -0.2) is 39.7 Å². The monoisotopic (exact) mass is 344 g/mol. The quantitative estimate of drug-likeness (QED) is 0.834. The summed E-state index contributed by atoms with van der Waals surface area (Å²) in [4.78, 5) is 27.2. The zero-order valence-corrected chi connectivity index (χ0v) is 14.3. The lowest BCUT2D eigenvalue weighted by Gasteiger charge is -2.35. The highest BCUT2D eigenvalue weighted by Crippen LogP contribution is 2.33. The molecule has 1 aliphatic heterocycles. The second-order valence-electron chi connectivity index (χ2n) is 5.78. The van der Waals surface area contributed by atoms with E-state index in [1.54, 1.807) is 17.8 Å². The van der Waals surface area contributed by atoms with E-state index in [0.717, 1.165) is 29.9 Å². The van der Waals surface area contributed by atoms with E-state index in [1.807, 2.05) is 35.4 Å². The molecule has 24 heavy (non-hydrogen) atoms. The van der Waals surface area contributed by atoms with E-state index >= 15 is 0 Å². The molecule has 1 saturated heterocycles. The number of carbonyl (C=O) groups excluding carboxylic acids is 2. The summed E-state index contributed by atoms with van der Waals surface area (Å²) in [7, 11) is 0. The molecule has 0 aliphatic carbocycles. The van der Waals surface area contributed by atoms with Crippen molar-refractivity contribution < 1.29 is 9.59 Å². The first-order valence-corrected chi connectivity index (χ1v) is 9.13. The molecule has 126 valence electrons. The normalized spacial score (nSPS) is 17.7. The molecule has 7 heteroatoms. The number of aromatic nitrogens is 2. The van der Waals surface area contributed by atoms with E-state index in [-0.39, 0.29) is 17.6 Å². The topological polar surface area (TPSA) is 92.1 Å². The summed E-state index contributed by atoms with van der Waals surface area (Å²) in [5.74, 6) is -0.557. The fourth-order valence-corrected chi connectivity index (χ4v) is 3.70. The Bertz CT molecular complexity index is 759. The molecule has 0 unspecified atom stereocenters. The Labute approximate surface area is 144 Å². The second-order valence-corrected chi connectivity index (χ2v) is 6.63. The lowest BCUT2D eigenvalue weighted by molar-refractivity contribution is 0.0602. The number of thioether (sulfide) groups is 1. The molecule has 3 N–H and O–H groups in total. The highest BCUT2D eigenvalue weighted by molar-refractivity contribution is 7.98. The Kier molecular flexibility index (Phi) is 4.89. The molecule has 0 bridgehead atoms. The molecule has 0 spiro atoms. The number of primary amides is 1.